The molecular weight excluding hydrogens is 579 g/mol. The van der Waals surface area contributed by atoms with Crippen LogP contribution >= 0.6 is 11.6 Å². The Kier molecular flexibility index (Phi) is 8.01. The lowest BCUT2D eigenvalue weighted by molar-refractivity contribution is -0.274. The number of halogens is 4. The fourth-order valence-corrected chi connectivity index (χ4v) is 7.54. The van der Waals surface area contributed by atoms with Gasteiger partial charge in [0, 0.05) is 17.1 Å². The highest BCUT2D eigenvalue weighted by atomic mass is 35.5. The van der Waals surface area contributed by atoms with Crippen molar-refractivity contribution in [3.63, 3.8) is 0 Å². The van der Waals surface area contributed by atoms with Gasteiger partial charge in [-0.3, -0.25) is 0 Å². The monoisotopic (exact) mass is 597 g/mol. The summed E-state index contributed by atoms with van der Waals surface area (Å²) in [5.41, 5.74) is 0.410. The minimum atomic E-state index is -5.16. The molecule has 0 aliphatic heterocycles. The zero-order valence-corrected chi connectivity index (χ0v) is 22.2. The molecular formula is C22H19ClF3NO7S3. The topological polar surface area (TPSA) is 124 Å². The van der Waals surface area contributed by atoms with E-state index in [0.717, 1.165) is 30.5 Å². The van der Waals surface area contributed by atoms with Gasteiger partial charge in [-0.05, 0) is 61.0 Å². The standard InChI is InChI=1S/C22H19ClF3NO7S3/c1-14(27-35(2,28)29)15-3-8-18(9-4-15)36(30,31)20-12-7-17(34-22(24,25)26)13-21(20)37(32,33)19-10-5-16(23)6-11-19/h3-14,27H,1-2H3/t14-/m0/s1. The highest BCUT2D eigenvalue weighted by Crippen LogP contribution is 2.36. The van der Waals surface area contributed by atoms with Gasteiger partial charge in [-0.25, -0.2) is 30.0 Å². The first-order valence-electron chi connectivity index (χ1n) is 10.1. The molecule has 37 heavy (non-hydrogen) atoms. The fourth-order valence-electron chi connectivity index (χ4n) is 3.31. The van der Waals surface area contributed by atoms with Crippen LogP contribution in [0.25, 0.3) is 0 Å². The Morgan fingerprint density at radius 3 is 1.76 bits per heavy atom. The smallest absolute Gasteiger partial charge is 0.406 e. The third-order valence-corrected chi connectivity index (χ3v) is 9.73. The molecule has 1 N–H and O–H groups in total. The Balaban J connectivity index is 2.15. The van der Waals surface area contributed by atoms with E-state index in [4.69, 9.17) is 11.6 Å². The van der Waals surface area contributed by atoms with E-state index in [9.17, 15) is 38.4 Å². The number of hydrogen-bond acceptors (Lipinski definition) is 7. The molecule has 0 amide bonds. The highest BCUT2D eigenvalue weighted by molar-refractivity contribution is 7.94. The van der Waals surface area contributed by atoms with Gasteiger partial charge in [0.1, 0.15) is 5.75 Å². The van der Waals surface area contributed by atoms with E-state index >= 15 is 0 Å². The Bertz CT molecular complexity index is 1620. The SMILES string of the molecule is C[C@H](NS(C)(=O)=O)c1ccc(S(=O)(=O)c2ccc(OC(F)(F)F)cc2S(=O)(=O)c2ccc(Cl)cc2)cc1. The van der Waals surface area contributed by atoms with Gasteiger partial charge in [0.05, 0.1) is 25.8 Å². The summed E-state index contributed by atoms with van der Waals surface area (Å²) < 4.78 is 121. The number of sulfone groups is 2. The highest BCUT2D eigenvalue weighted by Gasteiger charge is 2.34. The lowest BCUT2D eigenvalue weighted by atomic mass is 10.1. The molecule has 3 aromatic rings. The van der Waals surface area contributed by atoms with E-state index in [2.05, 4.69) is 9.46 Å². The molecule has 200 valence electrons. The summed E-state index contributed by atoms with van der Waals surface area (Å²) in [5.74, 6) is -0.935. The fraction of sp³-hybridized carbons (Fsp3) is 0.182. The van der Waals surface area contributed by atoms with Crippen LogP contribution in [0.5, 0.6) is 5.75 Å². The molecule has 3 rings (SSSR count). The maximum absolute atomic E-state index is 13.4. The molecule has 0 heterocycles. The van der Waals surface area contributed by atoms with Crippen molar-refractivity contribution in [2.75, 3.05) is 6.26 Å². The minimum Gasteiger partial charge on any atom is -0.406 e. The van der Waals surface area contributed by atoms with E-state index in [0.29, 0.717) is 23.8 Å². The maximum Gasteiger partial charge on any atom is 0.573 e. The van der Waals surface area contributed by atoms with Crippen LogP contribution in [0.2, 0.25) is 5.02 Å². The lowest BCUT2D eigenvalue weighted by Crippen LogP contribution is -2.25. The number of ether oxygens (including phenoxy) is 1. The average molecular weight is 598 g/mol. The van der Waals surface area contributed by atoms with Gasteiger partial charge in [-0.15, -0.1) is 13.2 Å². The second kappa shape index (κ2) is 10.3. The Morgan fingerprint density at radius 1 is 0.784 bits per heavy atom. The minimum absolute atomic E-state index is 0.181. The second-order valence-corrected chi connectivity index (χ2v) is 13.9. The maximum atomic E-state index is 13.4. The van der Waals surface area contributed by atoms with Crippen molar-refractivity contribution in [2.24, 2.45) is 0 Å². The average Bonchev–Trinajstić information content (AvgIpc) is 2.77. The number of nitrogens with one attached hydrogen (secondary N) is 1. The third kappa shape index (κ3) is 7.02. The van der Waals surface area contributed by atoms with E-state index in [1.54, 1.807) is 0 Å². The predicted molar refractivity (Wildman–Crippen MR) is 128 cm³/mol. The van der Waals surface area contributed by atoms with Crippen LogP contribution in [0, 0.1) is 0 Å². The van der Waals surface area contributed by atoms with Crippen molar-refractivity contribution in [2.45, 2.75) is 38.9 Å². The molecule has 0 spiro atoms. The largest absolute Gasteiger partial charge is 0.573 e. The summed E-state index contributed by atoms with van der Waals surface area (Å²) in [7, 11) is -12.8. The Morgan fingerprint density at radius 2 is 1.27 bits per heavy atom. The third-order valence-electron chi connectivity index (χ3n) is 4.93. The first-order chi connectivity index (χ1) is 16.9. The van der Waals surface area contributed by atoms with E-state index < -0.39 is 62.5 Å². The summed E-state index contributed by atoms with van der Waals surface area (Å²) in [6.45, 7) is 1.53. The molecule has 8 nitrogen and oxygen atoms in total. The van der Waals surface area contributed by atoms with Gasteiger partial charge < -0.3 is 4.74 Å². The predicted octanol–water partition coefficient (Wildman–Crippen LogP) is 4.51. The van der Waals surface area contributed by atoms with Crippen molar-refractivity contribution in [3.8, 4) is 5.75 Å². The van der Waals surface area contributed by atoms with Crippen molar-refractivity contribution >= 4 is 41.3 Å². The molecule has 0 saturated heterocycles. The van der Waals surface area contributed by atoms with Crippen LogP contribution in [0.3, 0.4) is 0 Å². The molecule has 0 fully saturated rings. The van der Waals surface area contributed by atoms with Crippen LogP contribution in [-0.2, 0) is 29.7 Å². The first kappa shape index (κ1) is 28.9. The number of hydrogen-bond donors (Lipinski definition) is 1. The number of rotatable bonds is 8. The molecule has 0 saturated carbocycles. The molecule has 0 aromatic heterocycles. The zero-order valence-electron chi connectivity index (χ0n) is 19.0. The zero-order chi connectivity index (χ0) is 27.8. The molecule has 15 heteroatoms. The number of sulfonamides is 1. The van der Waals surface area contributed by atoms with Crippen LogP contribution in [0.15, 0.2) is 86.3 Å². The van der Waals surface area contributed by atoms with Gasteiger partial charge in [-0.1, -0.05) is 23.7 Å². The van der Waals surface area contributed by atoms with E-state index in [1.165, 1.54) is 31.2 Å². The van der Waals surface area contributed by atoms with Crippen molar-refractivity contribution in [1.29, 1.82) is 0 Å². The number of benzene rings is 3. The summed E-state index contributed by atoms with van der Waals surface area (Å²) in [6.07, 6.45) is -4.20. The van der Waals surface area contributed by atoms with Gasteiger partial charge in [-0.2, -0.15) is 0 Å². The van der Waals surface area contributed by atoms with Gasteiger partial charge in [0.15, 0.2) is 0 Å². The Labute approximate surface area is 216 Å². The van der Waals surface area contributed by atoms with Crippen LogP contribution < -0.4 is 9.46 Å². The van der Waals surface area contributed by atoms with Crippen LogP contribution in [-0.4, -0.2) is 37.9 Å². The molecule has 0 aliphatic carbocycles. The number of alkyl halides is 3. The summed E-state index contributed by atoms with van der Waals surface area (Å²) in [5, 5.41) is 0.181. The normalized spacial score (nSPS) is 13.8. The van der Waals surface area contributed by atoms with Gasteiger partial charge >= 0.3 is 6.36 Å². The van der Waals surface area contributed by atoms with Crippen molar-refractivity contribution in [1.82, 2.24) is 4.72 Å². The summed E-state index contributed by atoms with van der Waals surface area (Å²) >= 11 is 5.79. The van der Waals surface area contributed by atoms with Crippen LogP contribution in [0.1, 0.15) is 18.5 Å². The summed E-state index contributed by atoms with van der Waals surface area (Å²) in [4.78, 5) is -2.51. The lowest BCUT2D eigenvalue weighted by Gasteiger charge is -2.16. The molecule has 0 aliphatic rings. The summed E-state index contributed by atoms with van der Waals surface area (Å²) in [6, 6.07) is 10.7. The quantitative estimate of drug-likeness (QED) is 0.405. The van der Waals surface area contributed by atoms with Crippen molar-refractivity contribution < 1.29 is 43.2 Å². The molecule has 0 unspecified atom stereocenters. The second-order valence-electron chi connectivity index (χ2n) is 7.80. The van der Waals surface area contributed by atoms with Crippen LogP contribution in [0.4, 0.5) is 13.2 Å². The molecule has 0 radical (unpaired) electrons. The molecule has 3 aromatic carbocycles. The molecule has 1 atom stereocenters. The van der Waals surface area contributed by atoms with E-state index in [1.807, 2.05) is 0 Å². The van der Waals surface area contributed by atoms with Gasteiger partial charge in [0.2, 0.25) is 29.7 Å². The van der Waals surface area contributed by atoms with E-state index in [-0.39, 0.29) is 9.92 Å². The van der Waals surface area contributed by atoms with Gasteiger partial charge in [0.25, 0.3) is 0 Å². The van der Waals surface area contributed by atoms with Crippen molar-refractivity contribution in [3.05, 3.63) is 77.3 Å². The molecule has 0 bridgehead atoms. The Hall–Kier alpha value is -2.65. The first-order valence-corrected chi connectivity index (χ1v) is 15.4.